The van der Waals surface area contributed by atoms with Gasteiger partial charge in [-0.2, -0.15) is 0 Å². The van der Waals surface area contributed by atoms with E-state index in [1.165, 1.54) is 0 Å². The lowest BCUT2D eigenvalue weighted by Crippen LogP contribution is -2.43. The van der Waals surface area contributed by atoms with Crippen molar-refractivity contribution < 1.29 is 14.4 Å². The molecule has 0 saturated carbocycles. The number of fused-ring (bicyclic) bond motifs is 1. The van der Waals surface area contributed by atoms with Crippen LogP contribution in [0.2, 0.25) is 5.02 Å². The maximum Gasteiger partial charge on any atom is 0.262 e. The first-order valence-corrected chi connectivity index (χ1v) is 8.47. The monoisotopic (exact) mass is 387 g/mol. The molecule has 0 radical (unpaired) electrons. The molecule has 1 heterocycles. The van der Waals surface area contributed by atoms with E-state index < -0.39 is 24.3 Å². The second-order valence-corrected chi connectivity index (χ2v) is 6.55. The number of carbonyl (C=O) groups excluding carboxylic acids is 3. The third-order valence-electron chi connectivity index (χ3n) is 3.88. The van der Waals surface area contributed by atoms with Crippen LogP contribution in [-0.4, -0.2) is 34.3 Å². The predicted octanol–water partition coefficient (Wildman–Crippen LogP) is 2.76. The second-order valence-electron chi connectivity index (χ2n) is 5.70. The minimum absolute atomic E-state index is 0.0528. The number of amides is 3. The van der Waals surface area contributed by atoms with Gasteiger partial charge >= 0.3 is 0 Å². The molecule has 0 spiro atoms. The molecule has 8 heteroatoms. The Bertz CT molecular complexity index is 910. The van der Waals surface area contributed by atoms with Crippen LogP contribution in [-0.2, 0) is 4.79 Å². The highest BCUT2D eigenvalue weighted by molar-refractivity contribution is 7.80. The first kappa shape index (κ1) is 18.0. The molecule has 3 amide bonds. The molecule has 0 bridgehead atoms. The molecule has 0 aliphatic carbocycles. The summed E-state index contributed by atoms with van der Waals surface area (Å²) in [6, 6.07) is 11.7. The summed E-state index contributed by atoms with van der Waals surface area (Å²) in [6.45, 7) is 1.45. The molecule has 2 N–H and O–H groups in total. The summed E-state index contributed by atoms with van der Waals surface area (Å²) >= 11 is 11.1. The lowest BCUT2D eigenvalue weighted by Gasteiger charge is -2.15. The third-order valence-corrected chi connectivity index (χ3v) is 4.32. The van der Waals surface area contributed by atoms with Crippen molar-refractivity contribution in [1.29, 1.82) is 0 Å². The fourth-order valence-electron chi connectivity index (χ4n) is 2.57. The van der Waals surface area contributed by atoms with Gasteiger partial charge in [-0.05, 0) is 49.0 Å². The molecule has 132 valence electrons. The van der Waals surface area contributed by atoms with E-state index in [0.29, 0.717) is 21.8 Å². The van der Waals surface area contributed by atoms with Gasteiger partial charge in [0.1, 0.15) is 6.54 Å². The van der Waals surface area contributed by atoms with Crippen molar-refractivity contribution in [3.63, 3.8) is 0 Å². The zero-order valence-electron chi connectivity index (χ0n) is 13.7. The molecular formula is C18H14ClN3O3S. The number of carbonyl (C=O) groups is 3. The van der Waals surface area contributed by atoms with Crippen molar-refractivity contribution in [3.8, 4) is 0 Å². The van der Waals surface area contributed by atoms with E-state index in [1.54, 1.807) is 36.4 Å². The lowest BCUT2D eigenvalue weighted by molar-refractivity contribution is -0.120. The number of imide groups is 1. The van der Waals surface area contributed by atoms with Crippen LogP contribution in [0.25, 0.3) is 0 Å². The number of nitrogens with one attached hydrogen (secondary N) is 2. The van der Waals surface area contributed by atoms with Gasteiger partial charge in [0.25, 0.3) is 11.8 Å². The number of anilines is 1. The van der Waals surface area contributed by atoms with E-state index >= 15 is 0 Å². The van der Waals surface area contributed by atoms with Gasteiger partial charge in [-0.15, -0.1) is 0 Å². The fraction of sp³-hybridized carbons (Fsp3) is 0.111. The smallest absolute Gasteiger partial charge is 0.262 e. The van der Waals surface area contributed by atoms with Crippen LogP contribution < -0.4 is 10.6 Å². The van der Waals surface area contributed by atoms with Crippen molar-refractivity contribution in [2.45, 2.75) is 6.92 Å². The zero-order chi connectivity index (χ0) is 18.8. The molecule has 0 unspecified atom stereocenters. The van der Waals surface area contributed by atoms with Crippen molar-refractivity contribution in [3.05, 3.63) is 64.2 Å². The van der Waals surface area contributed by atoms with E-state index in [1.807, 2.05) is 13.0 Å². The number of thiocarbonyl (C=S) groups is 1. The van der Waals surface area contributed by atoms with Crippen LogP contribution in [0.5, 0.6) is 0 Å². The number of hydrogen-bond acceptors (Lipinski definition) is 4. The summed E-state index contributed by atoms with van der Waals surface area (Å²) in [7, 11) is 0. The summed E-state index contributed by atoms with van der Waals surface area (Å²) < 4.78 is 0. The average Bonchev–Trinajstić information content (AvgIpc) is 2.83. The molecular weight excluding hydrogens is 374 g/mol. The van der Waals surface area contributed by atoms with Gasteiger partial charge in [-0.1, -0.05) is 29.8 Å². The number of rotatable bonds is 3. The highest BCUT2D eigenvalue weighted by Gasteiger charge is 2.36. The minimum Gasteiger partial charge on any atom is -0.332 e. The maximum atomic E-state index is 12.3. The van der Waals surface area contributed by atoms with Crippen molar-refractivity contribution in [2.75, 3.05) is 11.9 Å². The van der Waals surface area contributed by atoms with Gasteiger partial charge in [0.15, 0.2) is 5.11 Å². The van der Waals surface area contributed by atoms with Crippen LogP contribution in [0.3, 0.4) is 0 Å². The Hall–Kier alpha value is -2.77. The van der Waals surface area contributed by atoms with Gasteiger partial charge in [0.2, 0.25) is 5.91 Å². The van der Waals surface area contributed by atoms with Crippen LogP contribution in [0, 0.1) is 6.92 Å². The summed E-state index contributed by atoms with van der Waals surface area (Å²) in [5, 5.41) is 5.91. The fourth-order valence-corrected chi connectivity index (χ4v) is 2.97. The van der Waals surface area contributed by atoms with Gasteiger partial charge < -0.3 is 10.6 Å². The quantitative estimate of drug-likeness (QED) is 0.625. The molecule has 0 aromatic heterocycles. The topological polar surface area (TPSA) is 78.5 Å². The molecule has 0 saturated heterocycles. The van der Waals surface area contributed by atoms with E-state index in [-0.39, 0.29) is 5.11 Å². The molecule has 2 aromatic carbocycles. The molecule has 1 aliphatic rings. The van der Waals surface area contributed by atoms with Crippen LogP contribution in [0.4, 0.5) is 5.69 Å². The first-order chi connectivity index (χ1) is 12.4. The van der Waals surface area contributed by atoms with E-state index in [2.05, 4.69) is 10.6 Å². The molecule has 6 nitrogen and oxygen atoms in total. The van der Waals surface area contributed by atoms with E-state index in [9.17, 15) is 14.4 Å². The SMILES string of the molecule is Cc1ccc(Cl)cc1NC(=S)NC(=O)CN1C(=O)c2ccccc2C1=O. The predicted molar refractivity (Wildman–Crippen MR) is 102 cm³/mol. The van der Waals surface area contributed by atoms with Gasteiger partial charge in [-0.25, -0.2) is 0 Å². The summed E-state index contributed by atoms with van der Waals surface area (Å²) in [5.74, 6) is -1.56. The van der Waals surface area contributed by atoms with Crippen LogP contribution in [0.1, 0.15) is 26.3 Å². The summed E-state index contributed by atoms with van der Waals surface area (Å²) in [5.41, 5.74) is 2.14. The first-order valence-electron chi connectivity index (χ1n) is 7.69. The van der Waals surface area contributed by atoms with E-state index in [0.717, 1.165) is 10.5 Å². The number of nitrogens with zero attached hydrogens (tertiary/aromatic N) is 1. The Morgan fingerprint density at radius 3 is 2.35 bits per heavy atom. The van der Waals surface area contributed by atoms with E-state index in [4.69, 9.17) is 23.8 Å². The average molecular weight is 388 g/mol. The van der Waals surface area contributed by atoms with Crippen LogP contribution >= 0.6 is 23.8 Å². The number of benzene rings is 2. The minimum atomic E-state index is -0.573. The molecule has 26 heavy (non-hydrogen) atoms. The third kappa shape index (κ3) is 3.58. The number of hydrogen-bond donors (Lipinski definition) is 2. The Morgan fingerprint density at radius 2 is 1.73 bits per heavy atom. The Balaban J connectivity index is 1.63. The number of aryl methyl sites for hydroxylation is 1. The van der Waals surface area contributed by atoms with Crippen molar-refractivity contribution in [1.82, 2.24) is 10.2 Å². The Labute approximate surface area is 160 Å². The highest BCUT2D eigenvalue weighted by atomic mass is 35.5. The Kier molecular flexibility index (Phi) is 5.01. The van der Waals surface area contributed by atoms with Gasteiger partial charge in [-0.3, -0.25) is 19.3 Å². The van der Waals surface area contributed by atoms with Gasteiger partial charge in [0.05, 0.1) is 11.1 Å². The van der Waals surface area contributed by atoms with Crippen molar-refractivity contribution in [2.24, 2.45) is 0 Å². The summed E-state index contributed by atoms with van der Waals surface area (Å²) in [6.07, 6.45) is 0. The second kappa shape index (κ2) is 7.23. The zero-order valence-corrected chi connectivity index (χ0v) is 15.3. The maximum absolute atomic E-state index is 12.3. The molecule has 2 aromatic rings. The van der Waals surface area contributed by atoms with Crippen molar-refractivity contribution >= 4 is 52.3 Å². The standard InChI is InChI=1S/C18H14ClN3O3S/c1-10-6-7-11(19)8-14(10)20-18(26)21-15(23)9-22-16(24)12-4-2-3-5-13(12)17(22)25/h2-8H,9H2,1H3,(H2,20,21,23,26). The molecule has 0 atom stereocenters. The molecule has 3 rings (SSSR count). The van der Waals surface area contributed by atoms with Crippen LogP contribution in [0.15, 0.2) is 42.5 Å². The highest BCUT2D eigenvalue weighted by Crippen LogP contribution is 2.22. The molecule has 1 aliphatic heterocycles. The number of halogens is 1. The van der Waals surface area contributed by atoms with Gasteiger partial charge in [0, 0.05) is 10.7 Å². The Morgan fingerprint density at radius 1 is 1.12 bits per heavy atom. The largest absolute Gasteiger partial charge is 0.332 e. The molecule has 0 fully saturated rings. The normalized spacial score (nSPS) is 12.8. The summed E-state index contributed by atoms with van der Waals surface area (Å²) in [4.78, 5) is 37.6. The lowest BCUT2D eigenvalue weighted by atomic mass is 10.1.